The molecule has 0 amide bonds. The maximum Gasteiger partial charge on any atom is 0.250 e. The molecule has 1 unspecified atom stereocenters. The van der Waals surface area contributed by atoms with Gasteiger partial charge < -0.3 is 14.3 Å². The molecule has 1 rings (SSSR count). The van der Waals surface area contributed by atoms with E-state index in [-0.39, 0.29) is 5.04 Å². The molecule has 0 aliphatic carbocycles. The van der Waals surface area contributed by atoms with Crippen LogP contribution in [0.25, 0.3) is 0 Å². The van der Waals surface area contributed by atoms with Crippen molar-refractivity contribution < 1.29 is 14.3 Å². The highest BCUT2D eigenvalue weighted by Gasteiger charge is 2.39. The first-order chi connectivity index (χ1) is 8.58. The quantitative estimate of drug-likeness (QED) is 0.844. The van der Waals surface area contributed by atoms with Crippen LogP contribution in [0.3, 0.4) is 0 Å². The zero-order valence-corrected chi connectivity index (χ0v) is 14.1. The number of methoxy groups -OCH3 is 1. The molecule has 0 heterocycles. The van der Waals surface area contributed by atoms with E-state index in [1.54, 1.807) is 14.0 Å². The van der Waals surface area contributed by atoms with E-state index in [2.05, 4.69) is 33.9 Å². The van der Waals surface area contributed by atoms with Gasteiger partial charge in [0.2, 0.25) is 8.32 Å². The number of benzene rings is 1. The van der Waals surface area contributed by atoms with Gasteiger partial charge >= 0.3 is 0 Å². The number of ether oxygens (including phenoxy) is 1. The van der Waals surface area contributed by atoms with E-state index < -0.39 is 14.4 Å². The lowest BCUT2D eigenvalue weighted by atomic mass is 10.1. The van der Waals surface area contributed by atoms with Crippen molar-refractivity contribution >= 4 is 8.32 Å². The molecule has 0 saturated heterocycles. The Morgan fingerprint density at radius 3 is 2.21 bits per heavy atom. The molecular formula is C15H26O3Si. The molecule has 108 valence electrons. The van der Waals surface area contributed by atoms with Gasteiger partial charge in [-0.1, -0.05) is 20.8 Å². The SMILES string of the molecule is COc1cc(O[Si](C)(C)C(C)(C)C)ccc1C(C)O. The van der Waals surface area contributed by atoms with E-state index in [1.807, 2.05) is 18.2 Å². The topological polar surface area (TPSA) is 38.7 Å². The number of hydrogen-bond donors (Lipinski definition) is 1. The third kappa shape index (κ3) is 3.73. The summed E-state index contributed by atoms with van der Waals surface area (Å²) in [5.41, 5.74) is 0.782. The maximum absolute atomic E-state index is 9.68. The number of aliphatic hydroxyl groups excluding tert-OH is 1. The average Bonchev–Trinajstić information content (AvgIpc) is 2.26. The van der Waals surface area contributed by atoms with E-state index in [1.165, 1.54) is 0 Å². The molecule has 0 fully saturated rings. The first-order valence-corrected chi connectivity index (χ1v) is 9.54. The number of aliphatic hydroxyl groups is 1. The molecule has 0 aliphatic rings. The van der Waals surface area contributed by atoms with Gasteiger partial charge in [-0.05, 0) is 37.2 Å². The smallest absolute Gasteiger partial charge is 0.250 e. The highest BCUT2D eigenvalue weighted by Crippen LogP contribution is 2.38. The van der Waals surface area contributed by atoms with Gasteiger partial charge in [0.25, 0.3) is 0 Å². The first kappa shape index (κ1) is 16.1. The molecule has 0 radical (unpaired) electrons. The fourth-order valence-corrected chi connectivity index (χ4v) is 2.57. The zero-order chi connectivity index (χ0) is 14.8. The molecule has 4 heteroatoms. The third-order valence-electron chi connectivity index (χ3n) is 3.83. The van der Waals surface area contributed by atoms with Crippen LogP contribution in [0.2, 0.25) is 18.1 Å². The molecule has 19 heavy (non-hydrogen) atoms. The van der Waals surface area contributed by atoms with Crippen LogP contribution in [0.15, 0.2) is 18.2 Å². The van der Waals surface area contributed by atoms with Crippen molar-refractivity contribution in [1.82, 2.24) is 0 Å². The van der Waals surface area contributed by atoms with Crippen molar-refractivity contribution in [2.45, 2.75) is 51.9 Å². The fraction of sp³-hybridized carbons (Fsp3) is 0.600. The zero-order valence-electron chi connectivity index (χ0n) is 13.1. The van der Waals surface area contributed by atoms with Gasteiger partial charge in [-0.25, -0.2) is 0 Å². The Bertz CT molecular complexity index is 434. The second kappa shape index (κ2) is 5.55. The Morgan fingerprint density at radius 1 is 1.21 bits per heavy atom. The predicted octanol–water partition coefficient (Wildman–Crippen LogP) is 4.13. The van der Waals surface area contributed by atoms with Crippen LogP contribution < -0.4 is 9.16 Å². The lowest BCUT2D eigenvalue weighted by Crippen LogP contribution is -2.43. The fourth-order valence-electron chi connectivity index (χ4n) is 1.55. The minimum atomic E-state index is -1.84. The number of hydrogen-bond acceptors (Lipinski definition) is 3. The first-order valence-electron chi connectivity index (χ1n) is 6.63. The largest absolute Gasteiger partial charge is 0.543 e. The van der Waals surface area contributed by atoms with Crippen molar-refractivity contribution in [3.8, 4) is 11.5 Å². The van der Waals surface area contributed by atoms with E-state index >= 15 is 0 Å². The van der Waals surface area contributed by atoms with Crippen molar-refractivity contribution in [3.05, 3.63) is 23.8 Å². The summed E-state index contributed by atoms with van der Waals surface area (Å²) in [5, 5.41) is 9.83. The molecule has 0 aromatic heterocycles. The highest BCUT2D eigenvalue weighted by molar-refractivity contribution is 6.74. The van der Waals surface area contributed by atoms with Gasteiger partial charge in [0.15, 0.2) is 0 Å². The summed E-state index contributed by atoms with van der Waals surface area (Å²) in [7, 11) is -0.236. The van der Waals surface area contributed by atoms with E-state index in [4.69, 9.17) is 9.16 Å². The van der Waals surface area contributed by atoms with Gasteiger partial charge in [-0.3, -0.25) is 0 Å². The molecule has 1 aromatic rings. The monoisotopic (exact) mass is 282 g/mol. The molecule has 1 N–H and O–H groups in total. The van der Waals surface area contributed by atoms with E-state index in [0.29, 0.717) is 5.75 Å². The van der Waals surface area contributed by atoms with Crippen LogP contribution in [-0.4, -0.2) is 20.5 Å². The summed E-state index contributed by atoms with van der Waals surface area (Å²) < 4.78 is 11.5. The molecule has 0 aliphatic heterocycles. The van der Waals surface area contributed by atoms with Gasteiger partial charge in [0.1, 0.15) is 11.5 Å². The molecule has 0 bridgehead atoms. The lowest BCUT2D eigenvalue weighted by Gasteiger charge is -2.36. The Labute approximate surface area is 117 Å². The van der Waals surface area contributed by atoms with Crippen LogP contribution in [0.1, 0.15) is 39.4 Å². The standard InChI is InChI=1S/C15H26O3Si/c1-11(16)13-9-8-12(10-14(13)17-5)18-19(6,7)15(2,3)4/h8-11,16H,1-7H3. The molecule has 3 nitrogen and oxygen atoms in total. The summed E-state index contributed by atoms with van der Waals surface area (Å²) in [6.07, 6.45) is -0.545. The summed E-state index contributed by atoms with van der Waals surface area (Å²) >= 11 is 0. The van der Waals surface area contributed by atoms with Gasteiger partial charge in [0.05, 0.1) is 13.2 Å². The Balaban J connectivity index is 3.05. The van der Waals surface area contributed by atoms with E-state index in [0.717, 1.165) is 11.3 Å². The maximum atomic E-state index is 9.68. The molecule has 1 aromatic carbocycles. The third-order valence-corrected chi connectivity index (χ3v) is 8.19. The molecular weight excluding hydrogens is 256 g/mol. The second-order valence-electron chi connectivity index (χ2n) is 6.44. The van der Waals surface area contributed by atoms with Gasteiger partial charge in [0, 0.05) is 11.6 Å². The number of rotatable bonds is 4. The summed E-state index contributed by atoms with van der Waals surface area (Å²) in [5.74, 6) is 1.49. The van der Waals surface area contributed by atoms with Gasteiger partial charge in [-0.2, -0.15) is 0 Å². The Hall–Kier alpha value is -1.00. The highest BCUT2D eigenvalue weighted by atomic mass is 28.4. The summed E-state index contributed by atoms with van der Waals surface area (Å²) in [6.45, 7) is 12.8. The summed E-state index contributed by atoms with van der Waals surface area (Å²) in [6, 6.07) is 5.64. The van der Waals surface area contributed by atoms with Crippen molar-refractivity contribution in [1.29, 1.82) is 0 Å². The van der Waals surface area contributed by atoms with Gasteiger partial charge in [-0.15, -0.1) is 0 Å². The van der Waals surface area contributed by atoms with E-state index in [9.17, 15) is 5.11 Å². The van der Waals surface area contributed by atoms with Crippen molar-refractivity contribution in [3.63, 3.8) is 0 Å². The second-order valence-corrected chi connectivity index (χ2v) is 11.2. The molecule has 0 spiro atoms. The molecule has 0 saturated carbocycles. The Kier molecular flexibility index (Phi) is 4.69. The van der Waals surface area contributed by atoms with Crippen LogP contribution >= 0.6 is 0 Å². The van der Waals surface area contributed by atoms with Crippen LogP contribution in [0, 0.1) is 0 Å². The Morgan fingerprint density at radius 2 is 1.79 bits per heavy atom. The van der Waals surface area contributed by atoms with Crippen molar-refractivity contribution in [2.75, 3.05) is 7.11 Å². The minimum absolute atomic E-state index is 0.156. The van der Waals surface area contributed by atoms with Crippen LogP contribution in [-0.2, 0) is 0 Å². The normalized spacial score (nSPS) is 14.1. The van der Waals surface area contributed by atoms with Crippen LogP contribution in [0.5, 0.6) is 11.5 Å². The van der Waals surface area contributed by atoms with Crippen LogP contribution in [0.4, 0.5) is 0 Å². The molecule has 1 atom stereocenters. The minimum Gasteiger partial charge on any atom is -0.543 e. The van der Waals surface area contributed by atoms with Crippen molar-refractivity contribution in [2.24, 2.45) is 0 Å². The summed E-state index contributed by atoms with van der Waals surface area (Å²) in [4.78, 5) is 0. The predicted molar refractivity (Wildman–Crippen MR) is 81.5 cm³/mol. The lowest BCUT2D eigenvalue weighted by molar-refractivity contribution is 0.194. The average molecular weight is 282 g/mol.